The second-order valence-corrected chi connectivity index (χ2v) is 1.48. The Labute approximate surface area is 76.2 Å². The average Bonchev–Trinajstić information content (AvgIpc) is 1.90. The first kappa shape index (κ1) is 9.11. The molecule has 0 unspecified atom stereocenters. The van der Waals surface area contributed by atoms with Crippen molar-refractivity contribution in [1.82, 2.24) is 4.98 Å². The molecule has 1 rings (SSSR count). The van der Waals surface area contributed by atoms with E-state index in [0.717, 1.165) is 0 Å². The van der Waals surface area contributed by atoms with Crippen molar-refractivity contribution in [2.24, 2.45) is 0 Å². The topological polar surface area (TPSA) is 33.1 Å². The van der Waals surface area contributed by atoms with Crippen LogP contribution in [0.15, 0.2) is 24.4 Å². The normalized spacial score (nSPS) is 8.11. The molecule has 0 fully saturated rings. The Bertz CT molecular complexity index is 154. The van der Waals surface area contributed by atoms with E-state index in [2.05, 4.69) is 4.98 Å². The molecule has 0 radical (unpaired) electrons. The fourth-order valence-corrected chi connectivity index (χ4v) is 0.492. The molecule has 0 aromatic carbocycles. The molecule has 1 N–H and O–H groups in total. The molecule has 0 amide bonds. The first-order chi connectivity index (χ1) is 3.93. The molecule has 1 heterocycles. The molecule has 0 saturated heterocycles. The number of rotatable bonds is 1. The second-order valence-electron chi connectivity index (χ2n) is 1.48. The Morgan fingerprint density at radius 3 is 2.56 bits per heavy atom. The van der Waals surface area contributed by atoms with Gasteiger partial charge in [0.05, 0.1) is 12.3 Å². The quantitative estimate of drug-likeness (QED) is 0.544. The van der Waals surface area contributed by atoms with Crippen LogP contribution in [0, 0.1) is 0 Å². The third-order valence-corrected chi connectivity index (χ3v) is 0.888. The van der Waals surface area contributed by atoms with Crippen LogP contribution in [-0.2, 0) is 6.61 Å². The molecule has 44 valence electrons. The van der Waals surface area contributed by atoms with Crippen LogP contribution >= 0.6 is 0 Å². The summed E-state index contributed by atoms with van der Waals surface area (Å²) in [5, 5.41) is 8.48. The van der Waals surface area contributed by atoms with Crippen molar-refractivity contribution < 1.29 is 5.11 Å². The predicted molar refractivity (Wildman–Crippen MR) is 37.3 cm³/mol. The molecule has 9 heavy (non-hydrogen) atoms. The molecule has 1 aromatic rings. The fourth-order valence-electron chi connectivity index (χ4n) is 0.492. The van der Waals surface area contributed by atoms with Gasteiger partial charge in [0, 0.05) is 6.20 Å². The van der Waals surface area contributed by atoms with E-state index in [1.165, 1.54) is 0 Å². The summed E-state index contributed by atoms with van der Waals surface area (Å²) in [5.74, 6) is 0. The van der Waals surface area contributed by atoms with E-state index in [1.807, 2.05) is 12.1 Å². The first-order valence-corrected chi connectivity index (χ1v) is 2.44. The van der Waals surface area contributed by atoms with E-state index < -0.39 is 0 Å². The van der Waals surface area contributed by atoms with Crippen molar-refractivity contribution in [3.8, 4) is 0 Å². The van der Waals surface area contributed by atoms with Gasteiger partial charge >= 0.3 is 29.6 Å². The molecule has 1 aromatic heterocycles. The van der Waals surface area contributed by atoms with E-state index in [4.69, 9.17) is 5.11 Å². The van der Waals surface area contributed by atoms with Gasteiger partial charge in [0.25, 0.3) is 0 Å². The Morgan fingerprint density at radius 1 is 1.44 bits per heavy atom. The van der Waals surface area contributed by atoms with E-state index in [9.17, 15) is 0 Å². The standard InChI is InChI=1S/C6H7NO.Na.H/c8-5-6-3-1-2-4-7-6;;/h1-4,8H,5H2;;. The molecule has 0 aliphatic rings. The van der Waals surface area contributed by atoms with Crippen molar-refractivity contribution in [2.45, 2.75) is 6.61 Å². The molecule has 2 nitrogen and oxygen atoms in total. The molecular weight excluding hydrogens is 125 g/mol. The van der Waals surface area contributed by atoms with Gasteiger partial charge in [0.2, 0.25) is 0 Å². The summed E-state index contributed by atoms with van der Waals surface area (Å²) in [6.45, 7) is 0.0286. The van der Waals surface area contributed by atoms with Gasteiger partial charge in [-0.2, -0.15) is 0 Å². The SMILES string of the molecule is OCc1ccccn1.[NaH]. The minimum atomic E-state index is 0. The maximum absolute atomic E-state index is 8.48. The maximum atomic E-state index is 8.48. The average molecular weight is 133 g/mol. The minimum absolute atomic E-state index is 0. The Balaban J connectivity index is 0.000000640. The molecule has 3 heteroatoms. The summed E-state index contributed by atoms with van der Waals surface area (Å²) < 4.78 is 0. The van der Waals surface area contributed by atoms with Gasteiger partial charge in [-0.1, -0.05) is 6.07 Å². The number of hydrogen-bond acceptors (Lipinski definition) is 2. The van der Waals surface area contributed by atoms with Gasteiger partial charge in [-0.3, -0.25) is 4.98 Å². The van der Waals surface area contributed by atoms with E-state index in [0.29, 0.717) is 5.69 Å². The van der Waals surface area contributed by atoms with Crippen molar-refractivity contribution in [3.63, 3.8) is 0 Å². The molecule has 0 spiro atoms. The molecule has 0 aliphatic carbocycles. The van der Waals surface area contributed by atoms with Gasteiger partial charge in [-0.15, -0.1) is 0 Å². The van der Waals surface area contributed by atoms with Crippen LogP contribution in [0.5, 0.6) is 0 Å². The van der Waals surface area contributed by atoms with Crippen LogP contribution in [0.2, 0.25) is 0 Å². The summed E-state index contributed by atoms with van der Waals surface area (Å²) in [6, 6.07) is 5.44. The predicted octanol–water partition coefficient (Wildman–Crippen LogP) is -0.0746. The zero-order valence-corrected chi connectivity index (χ0v) is 4.41. The van der Waals surface area contributed by atoms with Crippen molar-refractivity contribution in [1.29, 1.82) is 0 Å². The van der Waals surface area contributed by atoms with Crippen LogP contribution in [0.25, 0.3) is 0 Å². The Hall–Kier alpha value is 0.110. The van der Waals surface area contributed by atoms with E-state index in [-0.39, 0.29) is 36.2 Å². The van der Waals surface area contributed by atoms with Crippen LogP contribution in [-0.4, -0.2) is 39.6 Å². The molecular formula is C6H8NNaO. The van der Waals surface area contributed by atoms with Gasteiger partial charge < -0.3 is 5.11 Å². The summed E-state index contributed by atoms with van der Waals surface area (Å²) in [4.78, 5) is 3.85. The van der Waals surface area contributed by atoms with Crippen molar-refractivity contribution >= 4 is 29.6 Å². The summed E-state index contributed by atoms with van der Waals surface area (Å²) in [6.07, 6.45) is 1.66. The molecule has 0 atom stereocenters. The van der Waals surface area contributed by atoms with Gasteiger partial charge in [-0.25, -0.2) is 0 Å². The van der Waals surface area contributed by atoms with Crippen LogP contribution in [0.4, 0.5) is 0 Å². The summed E-state index contributed by atoms with van der Waals surface area (Å²) >= 11 is 0. The number of aromatic nitrogens is 1. The van der Waals surface area contributed by atoms with Gasteiger partial charge in [0.15, 0.2) is 0 Å². The number of aliphatic hydroxyl groups is 1. The third-order valence-electron chi connectivity index (χ3n) is 0.888. The zero-order valence-electron chi connectivity index (χ0n) is 4.41. The number of hydrogen-bond donors (Lipinski definition) is 1. The summed E-state index contributed by atoms with van der Waals surface area (Å²) in [7, 11) is 0. The fraction of sp³-hybridized carbons (Fsp3) is 0.167. The Morgan fingerprint density at radius 2 is 2.22 bits per heavy atom. The van der Waals surface area contributed by atoms with E-state index in [1.54, 1.807) is 12.3 Å². The van der Waals surface area contributed by atoms with Crippen LogP contribution < -0.4 is 0 Å². The number of pyridine rings is 1. The van der Waals surface area contributed by atoms with E-state index >= 15 is 0 Å². The zero-order chi connectivity index (χ0) is 5.82. The first-order valence-electron chi connectivity index (χ1n) is 2.44. The monoisotopic (exact) mass is 133 g/mol. The summed E-state index contributed by atoms with van der Waals surface area (Å²) in [5.41, 5.74) is 0.715. The number of aliphatic hydroxyl groups excluding tert-OH is 1. The molecule has 0 bridgehead atoms. The molecule has 0 aliphatic heterocycles. The molecule has 0 saturated carbocycles. The Kier molecular flexibility index (Phi) is 5.00. The van der Waals surface area contributed by atoms with Gasteiger partial charge in [0.1, 0.15) is 0 Å². The third kappa shape index (κ3) is 2.96. The second kappa shape index (κ2) is 4.94. The van der Waals surface area contributed by atoms with Crippen LogP contribution in [0.1, 0.15) is 5.69 Å². The van der Waals surface area contributed by atoms with Gasteiger partial charge in [-0.05, 0) is 12.1 Å². The number of nitrogens with zero attached hydrogens (tertiary/aromatic N) is 1. The van der Waals surface area contributed by atoms with Crippen LogP contribution in [0.3, 0.4) is 0 Å². The van der Waals surface area contributed by atoms with Crippen molar-refractivity contribution in [3.05, 3.63) is 30.1 Å². The van der Waals surface area contributed by atoms with Crippen molar-refractivity contribution in [2.75, 3.05) is 0 Å².